The zero-order valence-corrected chi connectivity index (χ0v) is 14.2. The van der Waals surface area contributed by atoms with Crippen molar-refractivity contribution in [2.45, 2.75) is 32.7 Å². The van der Waals surface area contributed by atoms with Crippen LogP contribution in [0.25, 0.3) is 0 Å². The monoisotopic (exact) mass is 353 g/mol. The number of benzene rings is 1. The lowest BCUT2D eigenvalue weighted by atomic mass is 10.0. The first-order chi connectivity index (χ1) is 10.1. The van der Waals surface area contributed by atoms with Crippen LogP contribution in [0.5, 0.6) is 0 Å². The summed E-state index contributed by atoms with van der Waals surface area (Å²) in [5, 5.41) is 7.90. The van der Waals surface area contributed by atoms with Crippen molar-refractivity contribution < 1.29 is 4.39 Å². The maximum atomic E-state index is 14.5. The molecule has 1 aromatic heterocycles. The van der Waals surface area contributed by atoms with Crippen molar-refractivity contribution in [3.05, 3.63) is 51.5 Å². The van der Waals surface area contributed by atoms with Crippen molar-refractivity contribution in [3.63, 3.8) is 0 Å². The number of nitrogens with one attached hydrogen (secondary N) is 1. The van der Waals surface area contributed by atoms with Crippen LogP contribution in [0.15, 0.2) is 28.7 Å². The van der Waals surface area contributed by atoms with Crippen LogP contribution in [0, 0.1) is 5.82 Å². The summed E-state index contributed by atoms with van der Waals surface area (Å²) in [4.78, 5) is 0. The topological polar surface area (TPSA) is 29.9 Å². The summed E-state index contributed by atoms with van der Waals surface area (Å²) in [5.41, 5.74) is 2.65. The van der Waals surface area contributed by atoms with Gasteiger partial charge in [-0.05, 0) is 47.4 Å². The molecule has 3 nitrogen and oxygen atoms in total. The Morgan fingerprint density at radius 2 is 2.14 bits per heavy atom. The van der Waals surface area contributed by atoms with E-state index in [-0.39, 0.29) is 11.9 Å². The average Bonchev–Trinajstić information content (AvgIpc) is 2.85. The highest BCUT2D eigenvalue weighted by atomic mass is 79.9. The lowest BCUT2D eigenvalue weighted by Gasteiger charge is -2.20. The van der Waals surface area contributed by atoms with Gasteiger partial charge in [-0.25, -0.2) is 4.39 Å². The first-order valence-electron chi connectivity index (χ1n) is 7.28. The quantitative estimate of drug-likeness (QED) is 0.851. The van der Waals surface area contributed by atoms with Crippen molar-refractivity contribution in [1.82, 2.24) is 15.1 Å². The van der Waals surface area contributed by atoms with E-state index in [9.17, 15) is 4.39 Å². The van der Waals surface area contributed by atoms with Gasteiger partial charge in [-0.15, -0.1) is 0 Å². The minimum atomic E-state index is -0.217. The Bertz CT molecular complexity index is 610. The van der Waals surface area contributed by atoms with Gasteiger partial charge >= 0.3 is 0 Å². The van der Waals surface area contributed by atoms with E-state index in [1.807, 2.05) is 29.9 Å². The van der Waals surface area contributed by atoms with E-state index < -0.39 is 0 Å². The number of hydrogen-bond donors (Lipinski definition) is 1. The Labute approximate surface area is 133 Å². The van der Waals surface area contributed by atoms with E-state index in [0.29, 0.717) is 10.0 Å². The number of rotatable bonds is 6. The molecule has 21 heavy (non-hydrogen) atoms. The molecule has 2 rings (SSSR count). The number of aryl methyl sites for hydroxylation is 2. The van der Waals surface area contributed by atoms with Gasteiger partial charge in [0, 0.05) is 12.6 Å². The van der Waals surface area contributed by atoms with E-state index >= 15 is 0 Å². The molecule has 5 heteroatoms. The number of hydrogen-bond acceptors (Lipinski definition) is 2. The molecule has 1 N–H and O–H groups in total. The molecule has 0 aliphatic heterocycles. The molecule has 0 saturated heterocycles. The molecule has 0 saturated carbocycles. The van der Waals surface area contributed by atoms with Crippen molar-refractivity contribution in [2.75, 3.05) is 6.54 Å². The fourth-order valence-electron chi connectivity index (χ4n) is 2.39. The lowest BCUT2D eigenvalue weighted by molar-refractivity contribution is 0.517. The Morgan fingerprint density at radius 3 is 2.76 bits per heavy atom. The number of nitrogens with zero attached hydrogens (tertiary/aromatic N) is 2. The van der Waals surface area contributed by atoms with Crippen LogP contribution in [-0.4, -0.2) is 16.3 Å². The van der Waals surface area contributed by atoms with Gasteiger partial charge in [0.1, 0.15) is 5.82 Å². The van der Waals surface area contributed by atoms with Crippen molar-refractivity contribution in [3.8, 4) is 0 Å². The largest absolute Gasteiger partial charge is 0.305 e. The second-order valence-corrected chi connectivity index (χ2v) is 5.92. The average molecular weight is 354 g/mol. The van der Waals surface area contributed by atoms with Crippen LogP contribution in [0.1, 0.15) is 43.3 Å². The number of halogens is 2. The molecule has 0 spiro atoms. The summed E-state index contributed by atoms with van der Waals surface area (Å²) in [5.74, 6) is -0.217. The summed E-state index contributed by atoms with van der Waals surface area (Å²) in [6.45, 7) is 4.99. The first-order valence-corrected chi connectivity index (χ1v) is 8.07. The van der Waals surface area contributed by atoms with E-state index in [1.54, 1.807) is 6.07 Å². The minimum absolute atomic E-state index is 0.194. The van der Waals surface area contributed by atoms with Crippen LogP contribution in [-0.2, 0) is 13.5 Å². The van der Waals surface area contributed by atoms with Gasteiger partial charge in [0.15, 0.2) is 0 Å². The van der Waals surface area contributed by atoms with Crippen LogP contribution in [0.2, 0.25) is 0 Å². The standard InChI is InChI=1S/C16H21BrFN3/c1-4-9-19-16(12-7-6-8-13(17)15(12)18)14-10-11(5-2)20-21(14)3/h6-8,10,16,19H,4-5,9H2,1-3H3. The van der Waals surface area contributed by atoms with Crippen LogP contribution in [0.3, 0.4) is 0 Å². The summed E-state index contributed by atoms with van der Waals surface area (Å²) in [6.07, 6.45) is 1.86. The van der Waals surface area contributed by atoms with Crippen LogP contribution >= 0.6 is 15.9 Å². The minimum Gasteiger partial charge on any atom is -0.305 e. The van der Waals surface area contributed by atoms with Gasteiger partial charge < -0.3 is 5.32 Å². The van der Waals surface area contributed by atoms with Gasteiger partial charge in [0.2, 0.25) is 0 Å². The molecule has 0 fully saturated rings. The summed E-state index contributed by atoms with van der Waals surface area (Å²) >= 11 is 3.27. The molecule has 0 aliphatic carbocycles. The Hall–Kier alpha value is -1.20. The van der Waals surface area contributed by atoms with E-state index in [1.165, 1.54) is 0 Å². The third-order valence-corrected chi connectivity index (χ3v) is 4.13. The molecule has 0 amide bonds. The summed E-state index contributed by atoms with van der Waals surface area (Å²) in [6, 6.07) is 7.26. The van der Waals surface area contributed by atoms with Gasteiger partial charge in [0.25, 0.3) is 0 Å². The zero-order chi connectivity index (χ0) is 15.4. The van der Waals surface area contributed by atoms with Gasteiger partial charge in [-0.1, -0.05) is 26.0 Å². The second-order valence-electron chi connectivity index (χ2n) is 5.07. The highest BCUT2D eigenvalue weighted by Crippen LogP contribution is 2.28. The maximum absolute atomic E-state index is 14.5. The predicted molar refractivity (Wildman–Crippen MR) is 86.8 cm³/mol. The Morgan fingerprint density at radius 1 is 1.38 bits per heavy atom. The lowest BCUT2D eigenvalue weighted by Crippen LogP contribution is -2.26. The highest BCUT2D eigenvalue weighted by molar-refractivity contribution is 9.10. The molecule has 2 aromatic rings. The van der Waals surface area contributed by atoms with E-state index in [2.05, 4.69) is 40.2 Å². The molecule has 1 unspecified atom stereocenters. The smallest absolute Gasteiger partial charge is 0.142 e. The van der Waals surface area contributed by atoms with Gasteiger partial charge in [0.05, 0.1) is 21.9 Å². The molecule has 1 aromatic carbocycles. The summed E-state index contributed by atoms with van der Waals surface area (Å²) in [7, 11) is 1.91. The predicted octanol–water partition coefficient (Wildman–Crippen LogP) is 3.97. The number of aromatic nitrogens is 2. The van der Waals surface area contributed by atoms with Crippen molar-refractivity contribution in [1.29, 1.82) is 0 Å². The summed E-state index contributed by atoms with van der Waals surface area (Å²) < 4.78 is 16.8. The molecular weight excluding hydrogens is 333 g/mol. The molecule has 0 aliphatic rings. The van der Waals surface area contributed by atoms with E-state index in [0.717, 1.165) is 30.8 Å². The molecule has 114 valence electrons. The SMILES string of the molecule is CCCNC(c1cccc(Br)c1F)c1cc(CC)nn1C. The van der Waals surface area contributed by atoms with Crippen LogP contribution < -0.4 is 5.32 Å². The molecule has 1 atom stereocenters. The molecule has 1 heterocycles. The first kappa shape index (κ1) is 16.2. The molecular formula is C16H21BrFN3. The van der Waals surface area contributed by atoms with Gasteiger partial charge in [-0.2, -0.15) is 5.10 Å². The Balaban J connectivity index is 2.47. The van der Waals surface area contributed by atoms with E-state index in [4.69, 9.17) is 0 Å². The van der Waals surface area contributed by atoms with Crippen molar-refractivity contribution in [2.24, 2.45) is 7.05 Å². The highest BCUT2D eigenvalue weighted by Gasteiger charge is 2.22. The molecule has 0 bridgehead atoms. The maximum Gasteiger partial charge on any atom is 0.142 e. The molecule has 0 radical (unpaired) electrons. The van der Waals surface area contributed by atoms with Crippen LogP contribution in [0.4, 0.5) is 4.39 Å². The van der Waals surface area contributed by atoms with Gasteiger partial charge in [-0.3, -0.25) is 4.68 Å². The third kappa shape index (κ3) is 3.52. The Kier molecular flexibility index (Phi) is 5.53. The van der Waals surface area contributed by atoms with Crippen molar-refractivity contribution >= 4 is 15.9 Å². The fraction of sp³-hybridized carbons (Fsp3) is 0.438. The zero-order valence-electron chi connectivity index (χ0n) is 12.7. The third-order valence-electron chi connectivity index (χ3n) is 3.52. The fourth-order valence-corrected chi connectivity index (χ4v) is 2.77. The second kappa shape index (κ2) is 7.18. The normalized spacial score (nSPS) is 12.6.